The van der Waals surface area contributed by atoms with Crippen LogP contribution in [0.3, 0.4) is 0 Å². The first-order valence-electron chi connectivity index (χ1n) is 8.67. The van der Waals surface area contributed by atoms with E-state index in [0.717, 1.165) is 6.07 Å². The molecule has 1 fully saturated rings. The molecule has 0 spiro atoms. The number of methoxy groups -OCH3 is 1. The van der Waals surface area contributed by atoms with E-state index in [9.17, 15) is 21.6 Å². The van der Waals surface area contributed by atoms with Crippen LogP contribution >= 0.6 is 0 Å². The van der Waals surface area contributed by atoms with Gasteiger partial charge in [0.25, 0.3) is 10.0 Å². The summed E-state index contributed by atoms with van der Waals surface area (Å²) in [6.45, 7) is 1.89. The summed E-state index contributed by atoms with van der Waals surface area (Å²) in [6.07, 6.45) is -0.151. The molecule has 3 rings (SSSR count). The van der Waals surface area contributed by atoms with Crippen molar-refractivity contribution < 1.29 is 31.1 Å². The molecular formula is C18H20N2O7S2. The highest BCUT2D eigenvalue weighted by atomic mass is 32.2. The van der Waals surface area contributed by atoms with Crippen LogP contribution in [0.4, 0.5) is 11.4 Å². The van der Waals surface area contributed by atoms with Gasteiger partial charge < -0.3 is 9.47 Å². The molecule has 1 N–H and O–H groups in total. The molecule has 0 bridgehead atoms. The summed E-state index contributed by atoms with van der Waals surface area (Å²) in [5.74, 6) is -0.324. The smallest absolute Gasteiger partial charge is 0.265 e. The van der Waals surface area contributed by atoms with Crippen LogP contribution in [0.2, 0.25) is 0 Å². The Bertz CT molecular complexity index is 1130. The lowest BCUT2D eigenvalue weighted by atomic mass is 10.3. The Kier molecular flexibility index (Phi) is 5.71. The zero-order chi connectivity index (χ0) is 21.2. The van der Waals surface area contributed by atoms with Gasteiger partial charge in [0.15, 0.2) is 0 Å². The first-order chi connectivity index (χ1) is 13.7. The maximum Gasteiger partial charge on any atom is 0.265 e. The van der Waals surface area contributed by atoms with Gasteiger partial charge in [0.05, 0.1) is 25.2 Å². The van der Waals surface area contributed by atoms with Crippen molar-refractivity contribution in [1.29, 1.82) is 0 Å². The van der Waals surface area contributed by atoms with Crippen molar-refractivity contribution in [2.24, 2.45) is 0 Å². The Morgan fingerprint density at radius 2 is 1.83 bits per heavy atom. The standard InChI is InChI=1S/C18H20N2O7S2/c1-3-27-16-9-6-14(20-18(21)10-11-28(20,22)23)12-17(16)29(24,25)19-13-4-7-15(26-2)8-5-13/h4-9,12,19H,3,10-11H2,1-2H3. The summed E-state index contributed by atoms with van der Waals surface area (Å²) >= 11 is 0. The van der Waals surface area contributed by atoms with Crippen LogP contribution in [0.5, 0.6) is 11.5 Å². The van der Waals surface area contributed by atoms with E-state index in [1.165, 1.54) is 31.4 Å². The molecule has 11 heteroatoms. The minimum atomic E-state index is -4.14. The van der Waals surface area contributed by atoms with Crippen molar-refractivity contribution in [3.05, 3.63) is 42.5 Å². The lowest BCUT2D eigenvalue weighted by Crippen LogP contribution is -2.29. The zero-order valence-electron chi connectivity index (χ0n) is 15.8. The number of rotatable bonds is 7. The second-order valence-corrected chi connectivity index (χ2v) is 9.71. The highest BCUT2D eigenvalue weighted by molar-refractivity contribution is 7.94. The largest absolute Gasteiger partial charge is 0.497 e. The number of ether oxygens (including phenoxy) is 2. The fraction of sp³-hybridized carbons (Fsp3) is 0.278. The van der Waals surface area contributed by atoms with E-state index >= 15 is 0 Å². The van der Waals surface area contributed by atoms with E-state index < -0.39 is 26.0 Å². The maximum absolute atomic E-state index is 13.0. The first kappa shape index (κ1) is 20.9. The molecule has 0 aliphatic carbocycles. The van der Waals surface area contributed by atoms with Gasteiger partial charge >= 0.3 is 0 Å². The Morgan fingerprint density at radius 3 is 2.38 bits per heavy atom. The minimum absolute atomic E-state index is 0.0429. The molecule has 0 atom stereocenters. The molecule has 1 saturated heterocycles. The van der Waals surface area contributed by atoms with E-state index in [-0.39, 0.29) is 40.8 Å². The van der Waals surface area contributed by atoms with Gasteiger partial charge in [-0.2, -0.15) is 0 Å². The normalized spacial score (nSPS) is 15.9. The van der Waals surface area contributed by atoms with Gasteiger partial charge in [-0.15, -0.1) is 0 Å². The number of carbonyl (C=O) groups is 1. The summed E-state index contributed by atoms with van der Waals surface area (Å²) < 4.78 is 63.9. The van der Waals surface area contributed by atoms with Crippen molar-refractivity contribution in [2.45, 2.75) is 18.2 Å². The second kappa shape index (κ2) is 7.91. The van der Waals surface area contributed by atoms with Gasteiger partial charge in [0.1, 0.15) is 16.4 Å². The summed E-state index contributed by atoms with van der Waals surface area (Å²) in [7, 11) is -6.48. The van der Waals surface area contributed by atoms with Crippen molar-refractivity contribution in [1.82, 2.24) is 0 Å². The van der Waals surface area contributed by atoms with Gasteiger partial charge in [0, 0.05) is 12.1 Å². The van der Waals surface area contributed by atoms with E-state index in [1.807, 2.05) is 0 Å². The van der Waals surface area contributed by atoms with Crippen LogP contribution in [0.15, 0.2) is 47.4 Å². The molecule has 0 radical (unpaired) electrons. The third-order valence-corrected chi connectivity index (χ3v) is 7.27. The van der Waals surface area contributed by atoms with Crippen LogP contribution in [0.1, 0.15) is 13.3 Å². The summed E-state index contributed by atoms with van der Waals surface area (Å²) in [4.78, 5) is 11.8. The predicted octanol–water partition coefficient (Wildman–Crippen LogP) is 1.96. The van der Waals surface area contributed by atoms with Crippen LogP contribution < -0.4 is 18.5 Å². The second-order valence-electron chi connectivity index (χ2n) is 6.12. The van der Waals surface area contributed by atoms with Gasteiger partial charge in [-0.1, -0.05) is 0 Å². The summed E-state index contributed by atoms with van der Waals surface area (Å²) in [5.41, 5.74) is 0.231. The molecule has 0 saturated carbocycles. The number of anilines is 2. The van der Waals surface area contributed by atoms with Crippen LogP contribution in [0, 0.1) is 0 Å². The van der Waals surface area contributed by atoms with Crippen LogP contribution in [0.25, 0.3) is 0 Å². The molecule has 0 unspecified atom stereocenters. The summed E-state index contributed by atoms with van der Waals surface area (Å²) in [5, 5.41) is 0. The molecule has 0 aromatic heterocycles. The maximum atomic E-state index is 13.0. The Morgan fingerprint density at radius 1 is 1.14 bits per heavy atom. The number of amides is 1. The van der Waals surface area contributed by atoms with Crippen molar-refractivity contribution in [3.8, 4) is 11.5 Å². The number of carbonyl (C=O) groups excluding carboxylic acids is 1. The van der Waals surface area contributed by atoms with Crippen LogP contribution in [-0.2, 0) is 24.8 Å². The Balaban J connectivity index is 2.04. The molecular weight excluding hydrogens is 420 g/mol. The van der Waals surface area contributed by atoms with E-state index in [0.29, 0.717) is 10.1 Å². The molecule has 29 heavy (non-hydrogen) atoms. The fourth-order valence-corrected chi connectivity index (χ4v) is 5.52. The Hall–Kier alpha value is -2.79. The molecule has 1 heterocycles. The number of nitrogens with zero attached hydrogens (tertiary/aromatic N) is 1. The van der Waals surface area contributed by atoms with Crippen molar-refractivity contribution >= 4 is 37.3 Å². The average Bonchev–Trinajstić information content (AvgIpc) is 2.95. The van der Waals surface area contributed by atoms with Gasteiger partial charge in [-0.05, 0) is 49.4 Å². The molecule has 9 nitrogen and oxygen atoms in total. The lowest BCUT2D eigenvalue weighted by molar-refractivity contribution is -0.116. The van der Waals surface area contributed by atoms with E-state index in [4.69, 9.17) is 9.47 Å². The number of benzene rings is 2. The fourth-order valence-electron chi connectivity index (χ4n) is 2.85. The van der Waals surface area contributed by atoms with Crippen molar-refractivity contribution in [3.63, 3.8) is 0 Å². The van der Waals surface area contributed by atoms with Gasteiger partial charge in [-0.3, -0.25) is 9.52 Å². The zero-order valence-corrected chi connectivity index (χ0v) is 17.4. The summed E-state index contributed by atoms with van der Waals surface area (Å²) in [6, 6.07) is 10.0. The number of hydrogen-bond donors (Lipinski definition) is 1. The molecule has 2 aromatic carbocycles. The third kappa shape index (κ3) is 4.30. The average molecular weight is 440 g/mol. The quantitative estimate of drug-likeness (QED) is 0.699. The molecule has 2 aromatic rings. The Labute approximate surface area is 169 Å². The molecule has 1 aliphatic rings. The number of nitrogens with one attached hydrogen (secondary N) is 1. The minimum Gasteiger partial charge on any atom is -0.497 e. The lowest BCUT2D eigenvalue weighted by Gasteiger charge is -2.18. The molecule has 156 valence electrons. The van der Waals surface area contributed by atoms with Gasteiger partial charge in [0.2, 0.25) is 15.9 Å². The van der Waals surface area contributed by atoms with E-state index in [1.54, 1.807) is 19.1 Å². The highest BCUT2D eigenvalue weighted by Crippen LogP contribution is 2.33. The van der Waals surface area contributed by atoms with Crippen LogP contribution in [-0.4, -0.2) is 42.2 Å². The topological polar surface area (TPSA) is 119 Å². The monoisotopic (exact) mass is 440 g/mol. The van der Waals surface area contributed by atoms with Crippen molar-refractivity contribution in [2.75, 3.05) is 28.5 Å². The van der Waals surface area contributed by atoms with E-state index in [2.05, 4.69) is 4.72 Å². The third-order valence-electron chi connectivity index (χ3n) is 4.17. The SMILES string of the molecule is CCOc1ccc(N2C(=O)CCS2(=O)=O)cc1S(=O)(=O)Nc1ccc(OC)cc1. The predicted molar refractivity (Wildman–Crippen MR) is 107 cm³/mol. The number of hydrogen-bond acceptors (Lipinski definition) is 7. The molecule has 1 amide bonds. The first-order valence-corrected chi connectivity index (χ1v) is 11.8. The molecule has 1 aliphatic heterocycles. The number of sulfonamides is 2. The highest BCUT2D eigenvalue weighted by Gasteiger charge is 2.37. The van der Waals surface area contributed by atoms with Gasteiger partial charge in [-0.25, -0.2) is 21.1 Å².